The molecule has 0 atom stereocenters. The van der Waals surface area contributed by atoms with Crippen LogP contribution in [0.3, 0.4) is 0 Å². The molecule has 0 saturated heterocycles. The minimum absolute atomic E-state index is 0.0278. The van der Waals surface area contributed by atoms with Crippen LogP contribution in [-0.2, 0) is 17.6 Å². The van der Waals surface area contributed by atoms with Gasteiger partial charge in [-0.2, -0.15) is 0 Å². The Hall–Kier alpha value is -2.23. The molecule has 1 aromatic rings. The molecule has 0 amide bonds. The fraction of sp³-hybridized carbons (Fsp3) is 0.522. The van der Waals surface area contributed by atoms with E-state index in [0.717, 1.165) is 32.1 Å². The maximum atomic E-state index is 12.2. The third-order valence-corrected chi connectivity index (χ3v) is 4.65. The van der Waals surface area contributed by atoms with E-state index in [-0.39, 0.29) is 17.1 Å². The molecule has 27 heavy (non-hydrogen) atoms. The number of aryl methyl sites for hydroxylation is 1. The number of phenolic OH excluding ortho intramolecular Hbond substituents is 2. The van der Waals surface area contributed by atoms with E-state index in [9.17, 15) is 15.0 Å². The minimum Gasteiger partial charge on any atom is -0.508 e. The number of carbonyl (C=O) groups excluding carboxylic acids is 1. The molecule has 1 rings (SSSR count). The number of ether oxygens (including phenoxy) is 1. The molecule has 0 radical (unpaired) electrons. The van der Waals surface area contributed by atoms with Crippen LogP contribution in [0.1, 0.15) is 81.3 Å². The highest BCUT2D eigenvalue weighted by Gasteiger charge is 2.22. The van der Waals surface area contributed by atoms with Gasteiger partial charge < -0.3 is 14.9 Å². The van der Waals surface area contributed by atoms with E-state index in [1.807, 2.05) is 13.0 Å². The standard InChI is InChI=1S/C23H34O4/c1-6-7-8-12-18-15-20(24)19(22(25)21(18)23(26)27-5)14-13-17(4)11-9-10-16(2)3/h10,13,15,24-25H,6-9,11-12,14H2,1-5H3/b17-13+. The fourth-order valence-electron chi connectivity index (χ4n) is 3.01. The zero-order valence-electron chi connectivity index (χ0n) is 17.4. The molecule has 0 heterocycles. The van der Waals surface area contributed by atoms with Crippen LogP contribution < -0.4 is 0 Å². The monoisotopic (exact) mass is 374 g/mol. The number of unbranched alkanes of at least 4 members (excludes halogenated alkanes) is 2. The van der Waals surface area contributed by atoms with Crippen LogP contribution in [0, 0.1) is 0 Å². The Bertz CT molecular complexity index is 695. The summed E-state index contributed by atoms with van der Waals surface area (Å²) < 4.78 is 4.86. The topological polar surface area (TPSA) is 66.8 Å². The Kier molecular flexibility index (Phi) is 9.70. The number of carbonyl (C=O) groups is 1. The molecular formula is C23H34O4. The summed E-state index contributed by atoms with van der Waals surface area (Å²) in [6, 6.07) is 1.60. The predicted octanol–water partition coefficient (Wildman–Crippen LogP) is 5.85. The van der Waals surface area contributed by atoms with Crippen molar-refractivity contribution in [3.63, 3.8) is 0 Å². The fourth-order valence-corrected chi connectivity index (χ4v) is 3.01. The van der Waals surface area contributed by atoms with Gasteiger partial charge in [-0.3, -0.25) is 0 Å². The summed E-state index contributed by atoms with van der Waals surface area (Å²) in [5.74, 6) is -0.703. The van der Waals surface area contributed by atoms with Gasteiger partial charge in [0.1, 0.15) is 17.1 Å². The van der Waals surface area contributed by atoms with E-state index >= 15 is 0 Å². The summed E-state index contributed by atoms with van der Waals surface area (Å²) in [7, 11) is 1.30. The van der Waals surface area contributed by atoms with Crippen molar-refractivity contribution in [2.75, 3.05) is 7.11 Å². The van der Waals surface area contributed by atoms with Crippen molar-refractivity contribution >= 4 is 5.97 Å². The number of phenols is 2. The molecule has 0 aliphatic heterocycles. The predicted molar refractivity (Wildman–Crippen MR) is 110 cm³/mol. The maximum Gasteiger partial charge on any atom is 0.341 e. The van der Waals surface area contributed by atoms with Crippen LogP contribution in [0.2, 0.25) is 0 Å². The third kappa shape index (κ3) is 7.12. The van der Waals surface area contributed by atoms with Gasteiger partial charge >= 0.3 is 5.97 Å². The molecule has 2 N–H and O–H groups in total. The molecule has 0 bridgehead atoms. The molecule has 0 fully saturated rings. The molecule has 0 saturated carbocycles. The number of rotatable bonds is 10. The van der Waals surface area contributed by atoms with Gasteiger partial charge in [0.05, 0.1) is 7.11 Å². The lowest BCUT2D eigenvalue weighted by atomic mass is 9.94. The zero-order valence-corrected chi connectivity index (χ0v) is 17.4. The second-order valence-corrected chi connectivity index (χ2v) is 7.28. The van der Waals surface area contributed by atoms with Gasteiger partial charge in [-0.05, 0) is 64.5 Å². The first-order chi connectivity index (χ1) is 12.8. The number of hydrogen-bond acceptors (Lipinski definition) is 4. The Morgan fingerprint density at radius 1 is 1.15 bits per heavy atom. The zero-order chi connectivity index (χ0) is 20.4. The average Bonchev–Trinajstić information content (AvgIpc) is 2.60. The van der Waals surface area contributed by atoms with Crippen molar-refractivity contribution in [3.05, 3.63) is 46.1 Å². The van der Waals surface area contributed by atoms with Crippen LogP contribution in [0.15, 0.2) is 29.4 Å². The highest BCUT2D eigenvalue weighted by molar-refractivity contribution is 5.95. The number of benzene rings is 1. The molecule has 4 nitrogen and oxygen atoms in total. The summed E-state index contributed by atoms with van der Waals surface area (Å²) in [5, 5.41) is 21.1. The second kappa shape index (κ2) is 11.5. The highest BCUT2D eigenvalue weighted by Crippen LogP contribution is 2.36. The summed E-state index contributed by atoms with van der Waals surface area (Å²) in [6.45, 7) is 8.29. The highest BCUT2D eigenvalue weighted by atomic mass is 16.5. The van der Waals surface area contributed by atoms with Crippen LogP contribution in [-0.4, -0.2) is 23.3 Å². The van der Waals surface area contributed by atoms with Gasteiger partial charge in [0, 0.05) is 5.56 Å². The number of hydrogen-bond donors (Lipinski definition) is 2. The van der Waals surface area contributed by atoms with Crippen molar-refractivity contribution in [1.82, 2.24) is 0 Å². The van der Waals surface area contributed by atoms with Gasteiger partial charge in [0.15, 0.2) is 0 Å². The Labute approximate surface area is 163 Å². The van der Waals surface area contributed by atoms with Crippen molar-refractivity contribution in [1.29, 1.82) is 0 Å². The smallest absolute Gasteiger partial charge is 0.341 e. The first kappa shape index (κ1) is 22.8. The molecular weight excluding hydrogens is 340 g/mol. The van der Waals surface area contributed by atoms with E-state index in [1.165, 1.54) is 18.3 Å². The number of aromatic hydroxyl groups is 2. The van der Waals surface area contributed by atoms with Gasteiger partial charge in [0.2, 0.25) is 0 Å². The lowest BCUT2D eigenvalue weighted by Gasteiger charge is -2.15. The lowest BCUT2D eigenvalue weighted by molar-refractivity contribution is 0.0596. The second-order valence-electron chi connectivity index (χ2n) is 7.28. The summed E-state index contributed by atoms with van der Waals surface area (Å²) in [4.78, 5) is 12.2. The quantitative estimate of drug-likeness (QED) is 0.306. The van der Waals surface area contributed by atoms with E-state index < -0.39 is 5.97 Å². The number of esters is 1. The number of allylic oxidation sites excluding steroid dienone is 4. The van der Waals surface area contributed by atoms with Gasteiger partial charge in [-0.15, -0.1) is 0 Å². The van der Waals surface area contributed by atoms with Crippen LogP contribution in [0.25, 0.3) is 0 Å². The summed E-state index contributed by atoms with van der Waals surface area (Å²) >= 11 is 0. The maximum absolute atomic E-state index is 12.2. The Morgan fingerprint density at radius 3 is 2.44 bits per heavy atom. The third-order valence-electron chi connectivity index (χ3n) is 4.65. The van der Waals surface area contributed by atoms with Gasteiger partial charge in [-0.25, -0.2) is 4.79 Å². The molecule has 150 valence electrons. The Balaban J connectivity index is 3.09. The van der Waals surface area contributed by atoms with Gasteiger partial charge in [0.25, 0.3) is 0 Å². The molecule has 1 aromatic carbocycles. The van der Waals surface area contributed by atoms with E-state index in [1.54, 1.807) is 6.07 Å². The Morgan fingerprint density at radius 2 is 1.85 bits per heavy atom. The van der Waals surface area contributed by atoms with Crippen molar-refractivity contribution in [2.45, 2.75) is 72.6 Å². The van der Waals surface area contributed by atoms with Gasteiger partial charge in [-0.1, -0.05) is 43.1 Å². The normalized spacial score (nSPS) is 11.4. The minimum atomic E-state index is -0.565. The molecule has 0 spiro atoms. The first-order valence-corrected chi connectivity index (χ1v) is 9.75. The van der Waals surface area contributed by atoms with Crippen molar-refractivity contribution < 1.29 is 19.7 Å². The van der Waals surface area contributed by atoms with E-state index in [0.29, 0.717) is 24.0 Å². The lowest BCUT2D eigenvalue weighted by Crippen LogP contribution is -2.08. The van der Waals surface area contributed by atoms with Crippen LogP contribution in [0.5, 0.6) is 11.5 Å². The molecule has 0 unspecified atom stereocenters. The molecule has 0 aliphatic rings. The summed E-state index contributed by atoms with van der Waals surface area (Å²) in [5.41, 5.74) is 3.66. The van der Waals surface area contributed by atoms with E-state index in [2.05, 4.69) is 26.8 Å². The molecule has 0 aromatic heterocycles. The average molecular weight is 375 g/mol. The van der Waals surface area contributed by atoms with Crippen molar-refractivity contribution in [3.8, 4) is 11.5 Å². The molecule has 4 heteroatoms. The summed E-state index contributed by atoms with van der Waals surface area (Å²) in [6.07, 6.45) is 10.0. The number of methoxy groups -OCH3 is 1. The van der Waals surface area contributed by atoms with Crippen molar-refractivity contribution in [2.24, 2.45) is 0 Å². The largest absolute Gasteiger partial charge is 0.508 e. The molecule has 0 aliphatic carbocycles. The van der Waals surface area contributed by atoms with Crippen LogP contribution >= 0.6 is 0 Å². The van der Waals surface area contributed by atoms with Crippen LogP contribution in [0.4, 0.5) is 0 Å². The SMILES string of the molecule is CCCCCc1cc(O)c(C/C=C(\C)CCC=C(C)C)c(O)c1C(=O)OC. The van der Waals surface area contributed by atoms with E-state index in [4.69, 9.17) is 4.74 Å². The first-order valence-electron chi connectivity index (χ1n) is 9.75.